The second kappa shape index (κ2) is 6.76. The van der Waals surface area contributed by atoms with Gasteiger partial charge in [0.1, 0.15) is 0 Å². The largest absolute Gasteiger partial charge is 0.493 e. The number of hydrogen-bond donors (Lipinski definition) is 0. The van der Waals surface area contributed by atoms with E-state index in [-0.39, 0.29) is 17.0 Å². The van der Waals surface area contributed by atoms with E-state index in [0.717, 1.165) is 0 Å². The minimum atomic E-state index is -0.456. The maximum Gasteiger partial charge on any atom is 0.345 e. The monoisotopic (exact) mass is 309 g/mol. The van der Waals surface area contributed by atoms with Gasteiger partial charge in [0.05, 0.1) is 12.7 Å². The lowest BCUT2D eigenvalue weighted by atomic mass is 10.3. The molecule has 0 N–H and O–H groups in total. The molecule has 0 saturated carbocycles. The Morgan fingerprint density at radius 3 is 2.44 bits per heavy atom. The second-order valence-electron chi connectivity index (χ2n) is 3.28. The van der Waals surface area contributed by atoms with E-state index in [2.05, 4.69) is 4.98 Å². The molecule has 0 bridgehead atoms. The maximum absolute atomic E-state index is 11.8. The van der Waals surface area contributed by atoms with Crippen molar-refractivity contribution in [1.29, 1.82) is 0 Å². The summed E-state index contributed by atoms with van der Waals surface area (Å²) in [4.78, 5) is 15.6. The van der Waals surface area contributed by atoms with Crippen molar-refractivity contribution in [2.24, 2.45) is 0 Å². The van der Waals surface area contributed by atoms with E-state index >= 15 is 0 Å². The maximum atomic E-state index is 11.8. The van der Waals surface area contributed by atoms with Crippen LogP contribution in [-0.4, -0.2) is 18.1 Å². The fourth-order valence-electron chi connectivity index (χ4n) is 1.35. The Labute approximate surface area is 115 Å². The molecule has 0 aliphatic carbocycles. The number of esters is 1. The Morgan fingerprint density at radius 1 is 1.11 bits per heavy atom. The molecule has 5 heteroatoms. The Kier molecular flexibility index (Phi) is 5.32. The van der Waals surface area contributed by atoms with E-state index in [1.807, 2.05) is 0 Å². The van der Waals surface area contributed by atoms with Crippen LogP contribution in [0.5, 0.6) is 11.5 Å². The smallest absolute Gasteiger partial charge is 0.345 e. The Morgan fingerprint density at radius 2 is 1.83 bits per heavy atom. The third-order valence-electron chi connectivity index (χ3n) is 2.17. The fourth-order valence-corrected chi connectivity index (χ4v) is 1.35. The van der Waals surface area contributed by atoms with Crippen LogP contribution in [0.15, 0.2) is 48.8 Å². The molecule has 1 aromatic heterocycles. The first-order valence-electron chi connectivity index (χ1n) is 5.06. The molecule has 18 heavy (non-hydrogen) atoms. The number of rotatable bonds is 3. The standard InChI is InChI=1S/C13H11NO3.BrH/c1-16-11-6-2-3-7-12(11)17-13(15)10-5-4-8-14-9-10;/h2-9H,1H3;1H. The lowest BCUT2D eigenvalue weighted by molar-refractivity contribution is 0.0729. The van der Waals surface area contributed by atoms with Crippen LogP contribution in [0, 0.1) is 0 Å². The van der Waals surface area contributed by atoms with Crippen molar-refractivity contribution in [3.63, 3.8) is 0 Å². The Balaban J connectivity index is 0.00000162. The summed E-state index contributed by atoms with van der Waals surface area (Å²) in [5.74, 6) is 0.455. The number of nitrogens with zero attached hydrogens (tertiary/aromatic N) is 1. The molecule has 0 radical (unpaired) electrons. The number of halogens is 1. The van der Waals surface area contributed by atoms with Gasteiger partial charge in [0.15, 0.2) is 11.5 Å². The fraction of sp³-hybridized carbons (Fsp3) is 0.0769. The van der Waals surface area contributed by atoms with Crippen LogP contribution in [0.2, 0.25) is 0 Å². The average molecular weight is 310 g/mol. The van der Waals surface area contributed by atoms with E-state index in [1.165, 1.54) is 13.3 Å². The third-order valence-corrected chi connectivity index (χ3v) is 2.17. The van der Waals surface area contributed by atoms with E-state index in [4.69, 9.17) is 9.47 Å². The number of aromatic nitrogens is 1. The van der Waals surface area contributed by atoms with Crippen LogP contribution in [0.1, 0.15) is 10.4 Å². The molecule has 2 aromatic rings. The molecule has 4 nitrogen and oxygen atoms in total. The molecule has 0 unspecified atom stereocenters. The average Bonchev–Trinajstić information content (AvgIpc) is 2.40. The van der Waals surface area contributed by atoms with Gasteiger partial charge in [-0.05, 0) is 24.3 Å². The van der Waals surface area contributed by atoms with Crippen LogP contribution in [0.4, 0.5) is 0 Å². The zero-order valence-corrected chi connectivity index (χ0v) is 11.4. The highest BCUT2D eigenvalue weighted by Gasteiger charge is 2.11. The molecule has 0 amide bonds. The normalized spacial score (nSPS) is 9.17. The molecular weight excluding hydrogens is 298 g/mol. The van der Waals surface area contributed by atoms with Crippen LogP contribution in [0.3, 0.4) is 0 Å². The summed E-state index contributed by atoms with van der Waals surface area (Å²) in [5.41, 5.74) is 0.401. The van der Waals surface area contributed by atoms with E-state index < -0.39 is 5.97 Å². The van der Waals surface area contributed by atoms with Gasteiger partial charge in [-0.25, -0.2) is 4.79 Å². The highest BCUT2D eigenvalue weighted by Crippen LogP contribution is 2.26. The quantitative estimate of drug-likeness (QED) is 0.646. The predicted molar refractivity (Wildman–Crippen MR) is 72.5 cm³/mol. The van der Waals surface area contributed by atoms with Crippen molar-refractivity contribution in [3.8, 4) is 11.5 Å². The summed E-state index contributed by atoms with van der Waals surface area (Å²) in [7, 11) is 1.52. The SMILES string of the molecule is Br.COc1ccccc1OC(=O)c1cccnc1. The van der Waals surface area contributed by atoms with Gasteiger partial charge in [-0.15, -0.1) is 17.0 Å². The molecule has 2 rings (SSSR count). The number of hydrogen-bond acceptors (Lipinski definition) is 4. The molecule has 94 valence electrons. The van der Waals surface area contributed by atoms with Gasteiger partial charge in [-0.3, -0.25) is 4.98 Å². The summed E-state index contributed by atoms with van der Waals surface area (Å²) in [6.07, 6.45) is 3.05. The lowest BCUT2D eigenvalue weighted by Crippen LogP contribution is -2.09. The zero-order chi connectivity index (χ0) is 12.1. The number of carbonyl (C=O) groups excluding carboxylic acids is 1. The molecule has 0 atom stereocenters. The predicted octanol–water partition coefficient (Wildman–Crippen LogP) is 2.89. The van der Waals surface area contributed by atoms with Crippen molar-refractivity contribution >= 4 is 23.0 Å². The molecule has 0 saturated heterocycles. The third kappa shape index (κ3) is 3.30. The summed E-state index contributed by atoms with van der Waals surface area (Å²) >= 11 is 0. The van der Waals surface area contributed by atoms with E-state index in [0.29, 0.717) is 17.1 Å². The van der Waals surface area contributed by atoms with Gasteiger partial charge >= 0.3 is 5.97 Å². The van der Waals surface area contributed by atoms with Gasteiger partial charge < -0.3 is 9.47 Å². The van der Waals surface area contributed by atoms with Crippen molar-refractivity contribution < 1.29 is 14.3 Å². The van der Waals surface area contributed by atoms with Crippen LogP contribution in [-0.2, 0) is 0 Å². The van der Waals surface area contributed by atoms with Crippen molar-refractivity contribution in [2.75, 3.05) is 7.11 Å². The highest BCUT2D eigenvalue weighted by atomic mass is 79.9. The van der Waals surface area contributed by atoms with Crippen molar-refractivity contribution in [2.45, 2.75) is 0 Å². The number of pyridine rings is 1. The number of para-hydroxylation sites is 2. The molecule has 0 aliphatic heterocycles. The topological polar surface area (TPSA) is 48.4 Å². The minimum absolute atomic E-state index is 0. The zero-order valence-electron chi connectivity index (χ0n) is 9.70. The molecule has 1 heterocycles. The number of methoxy groups -OCH3 is 1. The molecule has 1 aromatic carbocycles. The van der Waals surface area contributed by atoms with Gasteiger partial charge in [-0.2, -0.15) is 0 Å². The Bertz CT molecular complexity index is 517. The van der Waals surface area contributed by atoms with Gasteiger partial charge in [-0.1, -0.05) is 12.1 Å². The summed E-state index contributed by atoms with van der Waals surface area (Å²) in [6, 6.07) is 10.3. The van der Waals surface area contributed by atoms with Gasteiger partial charge in [0.25, 0.3) is 0 Å². The number of carbonyl (C=O) groups is 1. The summed E-state index contributed by atoms with van der Waals surface area (Å²) < 4.78 is 10.3. The molecule has 0 aliphatic rings. The first kappa shape index (κ1) is 14.2. The van der Waals surface area contributed by atoms with Gasteiger partial charge in [0.2, 0.25) is 0 Å². The first-order chi connectivity index (χ1) is 8.31. The van der Waals surface area contributed by atoms with Crippen LogP contribution >= 0.6 is 17.0 Å². The molecule has 0 spiro atoms. The van der Waals surface area contributed by atoms with Crippen LogP contribution in [0.25, 0.3) is 0 Å². The summed E-state index contributed by atoms with van der Waals surface area (Å²) in [5, 5.41) is 0. The van der Waals surface area contributed by atoms with E-state index in [9.17, 15) is 4.79 Å². The second-order valence-corrected chi connectivity index (χ2v) is 3.28. The highest BCUT2D eigenvalue weighted by molar-refractivity contribution is 8.93. The van der Waals surface area contributed by atoms with Crippen molar-refractivity contribution in [1.82, 2.24) is 4.98 Å². The molecular formula is C13H12BrNO3. The van der Waals surface area contributed by atoms with Gasteiger partial charge in [0, 0.05) is 12.4 Å². The Hall–Kier alpha value is -1.88. The first-order valence-corrected chi connectivity index (χ1v) is 5.06. The van der Waals surface area contributed by atoms with E-state index in [1.54, 1.807) is 42.6 Å². The molecule has 0 fully saturated rings. The van der Waals surface area contributed by atoms with Crippen LogP contribution < -0.4 is 9.47 Å². The minimum Gasteiger partial charge on any atom is -0.493 e. The lowest BCUT2D eigenvalue weighted by Gasteiger charge is -2.08. The summed E-state index contributed by atoms with van der Waals surface area (Å²) in [6.45, 7) is 0. The number of benzene rings is 1. The number of ether oxygens (including phenoxy) is 2. The van der Waals surface area contributed by atoms with Crippen molar-refractivity contribution in [3.05, 3.63) is 54.4 Å².